The van der Waals surface area contributed by atoms with Crippen LogP contribution in [0.4, 0.5) is 0 Å². The number of likely N-dealkylation sites (N-methyl/N-ethyl adjacent to an activating group) is 1. The van der Waals surface area contributed by atoms with Gasteiger partial charge in [0.15, 0.2) is 6.61 Å². The molecule has 6 nitrogen and oxygen atoms in total. The summed E-state index contributed by atoms with van der Waals surface area (Å²) in [4.78, 5) is 35.7. The lowest BCUT2D eigenvalue weighted by atomic mass is 10.2. The molecule has 1 aromatic carbocycles. The highest BCUT2D eigenvalue weighted by molar-refractivity contribution is 14.1. The number of halogens is 1. The number of esters is 1. The summed E-state index contributed by atoms with van der Waals surface area (Å²) in [5.74, 6) is -1.33. The zero-order valence-electron chi connectivity index (χ0n) is 11.2. The van der Waals surface area contributed by atoms with Crippen LogP contribution in [0.25, 0.3) is 0 Å². The zero-order valence-corrected chi connectivity index (χ0v) is 13.3. The number of carbonyl (C=O) groups excluding carboxylic acids is 3. The van der Waals surface area contributed by atoms with E-state index in [4.69, 9.17) is 4.74 Å². The lowest BCUT2D eigenvalue weighted by Gasteiger charge is -2.11. The Morgan fingerprint density at radius 3 is 2.50 bits per heavy atom. The number of amides is 2. The highest BCUT2D eigenvalue weighted by Gasteiger charge is 2.12. The van der Waals surface area contributed by atoms with Crippen LogP contribution in [0.15, 0.2) is 24.3 Å². The number of hydrogen-bond acceptors (Lipinski definition) is 4. The first-order chi connectivity index (χ1) is 9.41. The molecule has 2 amide bonds. The van der Waals surface area contributed by atoms with E-state index in [1.807, 2.05) is 28.7 Å². The van der Waals surface area contributed by atoms with Gasteiger partial charge in [0.05, 0.1) is 5.56 Å². The molecule has 0 unspecified atom stereocenters. The van der Waals surface area contributed by atoms with E-state index in [0.717, 1.165) is 3.57 Å². The Morgan fingerprint density at radius 2 is 1.90 bits per heavy atom. The fourth-order valence-electron chi connectivity index (χ4n) is 1.22. The van der Waals surface area contributed by atoms with Gasteiger partial charge < -0.3 is 15.0 Å². The molecule has 0 fully saturated rings. The number of hydrogen-bond donors (Lipinski definition) is 1. The first-order valence-corrected chi connectivity index (χ1v) is 6.88. The third-order valence-corrected chi connectivity index (χ3v) is 3.31. The molecule has 0 radical (unpaired) electrons. The zero-order chi connectivity index (χ0) is 15.1. The first-order valence-electron chi connectivity index (χ1n) is 5.80. The summed E-state index contributed by atoms with van der Waals surface area (Å²) in [7, 11) is 3.13. The SMILES string of the molecule is CN(C)C(=O)COC(=O)CNC(=O)c1ccccc1I. The minimum atomic E-state index is -0.653. The summed E-state index contributed by atoms with van der Waals surface area (Å²) in [6.07, 6.45) is 0. The van der Waals surface area contributed by atoms with Crippen LogP contribution in [0.1, 0.15) is 10.4 Å². The van der Waals surface area contributed by atoms with Gasteiger partial charge >= 0.3 is 5.97 Å². The lowest BCUT2D eigenvalue weighted by molar-refractivity contribution is -0.150. The van der Waals surface area contributed by atoms with Crippen molar-refractivity contribution < 1.29 is 19.1 Å². The van der Waals surface area contributed by atoms with Gasteiger partial charge in [-0.2, -0.15) is 0 Å². The van der Waals surface area contributed by atoms with Gasteiger partial charge in [0.2, 0.25) is 0 Å². The molecule has 0 saturated carbocycles. The largest absolute Gasteiger partial charge is 0.454 e. The van der Waals surface area contributed by atoms with Crippen molar-refractivity contribution in [2.45, 2.75) is 0 Å². The molecule has 0 spiro atoms. The van der Waals surface area contributed by atoms with E-state index in [9.17, 15) is 14.4 Å². The molecule has 0 aromatic heterocycles. The molecule has 1 aromatic rings. The molecule has 0 bridgehead atoms. The van der Waals surface area contributed by atoms with E-state index in [-0.39, 0.29) is 25.0 Å². The summed E-state index contributed by atoms with van der Waals surface area (Å²) >= 11 is 2.04. The van der Waals surface area contributed by atoms with Crippen LogP contribution < -0.4 is 5.32 Å². The summed E-state index contributed by atoms with van der Waals surface area (Å²) < 4.78 is 5.53. The molecule has 7 heteroatoms. The van der Waals surface area contributed by atoms with E-state index in [1.165, 1.54) is 4.90 Å². The molecule has 0 saturated heterocycles. The Balaban J connectivity index is 2.40. The van der Waals surface area contributed by atoms with E-state index in [2.05, 4.69) is 5.32 Å². The topological polar surface area (TPSA) is 75.7 Å². The van der Waals surface area contributed by atoms with Crippen LogP contribution in [0, 0.1) is 3.57 Å². The van der Waals surface area contributed by atoms with Crippen LogP contribution in [-0.2, 0) is 14.3 Å². The molecule has 0 atom stereocenters. The van der Waals surface area contributed by atoms with Gasteiger partial charge in [-0.05, 0) is 34.7 Å². The Kier molecular flexibility index (Phi) is 6.43. The van der Waals surface area contributed by atoms with Crippen molar-refractivity contribution in [3.8, 4) is 0 Å². The van der Waals surface area contributed by atoms with Crippen molar-refractivity contribution in [2.75, 3.05) is 27.2 Å². The van der Waals surface area contributed by atoms with Crippen molar-refractivity contribution in [2.24, 2.45) is 0 Å². The van der Waals surface area contributed by atoms with Crippen LogP contribution in [0.2, 0.25) is 0 Å². The summed E-state index contributed by atoms with van der Waals surface area (Å²) in [5, 5.41) is 2.45. The third-order valence-electron chi connectivity index (χ3n) is 2.37. The highest BCUT2D eigenvalue weighted by Crippen LogP contribution is 2.10. The second kappa shape index (κ2) is 7.83. The van der Waals surface area contributed by atoms with Crippen LogP contribution in [0.5, 0.6) is 0 Å². The fraction of sp³-hybridized carbons (Fsp3) is 0.308. The van der Waals surface area contributed by atoms with Crippen molar-refractivity contribution >= 4 is 40.4 Å². The summed E-state index contributed by atoms with van der Waals surface area (Å²) in [6, 6.07) is 7.02. The van der Waals surface area contributed by atoms with Gasteiger partial charge in [-0.15, -0.1) is 0 Å². The van der Waals surface area contributed by atoms with Gasteiger partial charge in [-0.25, -0.2) is 0 Å². The van der Waals surface area contributed by atoms with Gasteiger partial charge in [0.1, 0.15) is 6.54 Å². The minimum Gasteiger partial charge on any atom is -0.454 e. The van der Waals surface area contributed by atoms with E-state index in [0.29, 0.717) is 5.56 Å². The second-order valence-electron chi connectivity index (χ2n) is 4.11. The lowest BCUT2D eigenvalue weighted by Crippen LogP contribution is -2.33. The Morgan fingerprint density at radius 1 is 1.25 bits per heavy atom. The minimum absolute atomic E-state index is 0.273. The fourth-order valence-corrected chi connectivity index (χ4v) is 1.85. The number of ether oxygens (including phenoxy) is 1. The van der Waals surface area contributed by atoms with Gasteiger partial charge in [-0.3, -0.25) is 14.4 Å². The molecule has 108 valence electrons. The number of nitrogens with zero attached hydrogens (tertiary/aromatic N) is 1. The molecule has 0 aliphatic rings. The second-order valence-corrected chi connectivity index (χ2v) is 5.27. The van der Waals surface area contributed by atoms with Crippen molar-refractivity contribution in [1.29, 1.82) is 0 Å². The molecular formula is C13H15IN2O4. The van der Waals surface area contributed by atoms with Gasteiger partial charge in [-0.1, -0.05) is 12.1 Å². The van der Waals surface area contributed by atoms with Crippen molar-refractivity contribution in [3.63, 3.8) is 0 Å². The van der Waals surface area contributed by atoms with Crippen LogP contribution in [-0.4, -0.2) is 49.9 Å². The normalized spacial score (nSPS) is 9.75. The van der Waals surface area contributed by atoms with Gasteiger partial charge in [0, 0.05) is 17.7 Å². The predicted molar refractivity (Wildman–Crippen MR) is 81.1 cm³/mol. The average Bonchev–Trinajstić information content (AvgIpc) is 2.42. The Labute approximate surface area is 130 Å². The van der Waals surface area contributed by atoms with Crippen LogP contribution >= 0.6 is 22.6 Å². The van der Waals surface area contributed by atoms with Crippen LogP contribution in [0.3, 0.4) is 0 Å². The van der Waals surface area contributed by atoms with Crippen molar-refractivity contribution in [3.05, 3.63) is 33.4 Å². The predicted octanol–water partition coefficient (Wildman–Crippen LogP) is 0.652. The first kappa shape index (κ1) is 16.4. The monoisotopic (exact) mass is 390 g/mol. The highest BCUT2D eigenvalue weighted by atomic mass is 127. The molecule has 0 aliphatic carbocycles. The summed E-state index contributed by atoms with van der Waals surface area (Å²) in [6.45, 7) is -0.602. The number of rotatable bonds is 5. The maximum Gasteiger partial charge on any atom is 0.325 e. The molecule has 0 aliphatic heterocycles. The Hall–Kier alpha value is -1.64. The number of nitrogens with one attached hydrogen (secondary N) is 1. The molecule has 1 N–H and O–H groups in total. The smallest absolute Gasteiger partial charge is 0.325 e. The van der Waals surface area contributed by atoms with Gasteiger partial charge in [0.25, 0.3) is 11.8 Å². The standard InChI is InChI=1S/C13H15IN2O4/c1-16(2)11(17)8-20-12(18)7-15-13(19)9-5-3-4-6-10(9)14/h3-6H,7-8H2,1-2H3,(H,15,19). The van der Waals surface area contributed by atoms with E-state index >= 15 is 0 Å². The Bertz CT molecular complexity index is 517. The van der Waals surface area contributed by atoms with E-state index in [1.54, 1.807) is 32.3 Å². The maximum atomic E-state index is 11.8. The number of carbonyl (C=O) groups is 3. The van der Waals surface area contributed by atoms with Crippen molar-refractivity contribution in [1.82, 2.24) is 10.2 Å². The number of benzene rings is 1. The third kappa shape index (κ3) is 5.16. The molecule has 20 heavy (non-hydrogen) atoms. The molecular weight excluding hydrogens is 375 g/mol. The average molecular weight is 390 g/mol. The molecule has 0 heterocycles. The maximum absolute atomic E-state index is 11.8. The quantitative estimate of drug-likeness (QED) is 0.592. The summed E-state index contributed by atoms with van der Waals surface area (Å²) in [5.41, 5.74) is 0.491. The van der Waals surface area contributed by atoms with E-state index < -0.39 is 5.97 Å². The molecule has 1 rings (SSSR count).